The lowest BCUT2D eigenvalue weighted by Gasteiger charge is -2.19. The summed E-state index contributed by atoms with van der Waals surface area (Å²) in [5.41, 5.74) is 1.16. The van der Waals surface area contributed by atoms with Gasteiger partial charge in [-0.1, -0.05) is 30.4 Å². The first-order valence-corrected chi connectivity index (χ1v) is 7.25. The third-order valence-corrected chi connectivity index (χ3v) is 3.42. The Labute approximate surface area is 133 Å². The Balaban J connectivity index is 2.17. The normalized spacial score (nSPS) is 10.6. The average molecular weight is 307 g/mol. The molecule has 1 N–H and O–H groups in total. The first kappa shape index (κ1) is 14.8. The number of hydrogen-bond donors (Lipinski definition) is 1. The van der Waals surface area contributed by atoms with Crippen LogP contribution >= 0.6 is 0 Å². The van der Waals surface area contributed by atoms with Crippen molar-refractivity contribution in [2.75, 3.05) is 18.0 Å². The Morgan fingerprint density at radius 1 is 1.17 bits per heavy atom. The fourth-order valence-corrected chi connectivity index (χ4v) is 2.37. The van der Waals surface area contributed by atoms with Gasteiger partial charge in [0.25, 0.3) is 5.56 Å². The van der Waals surface area contributed by atoms with Crippen molar-refractivity contribution in [3.05, 3.63) is 72.2 Å². The molecular formula is C17H17N5O. The molecule has 0 saturated heterocycles. The second-order valence-corrected chi connectivity index (χ2v) is 5.00. The summed E-state index contributed by atoms with van der Waals surface area (Å²) in [6.07, 6.45) is 5.04. The number of nitrogens with zero attached hydrogens (tertiary/aromatic N) is 4. The van der Waals surface area contributed by atoms with Crippen molar-refractivity contribution < 1.29 is 0 Å². The van der Waals surface area contributed by atoms with Crippen LogP contribution in [0.4, 0.5) is 5.95 Å². The summed E-state index contributed by atoms with van der Waals surface area (Å²) in [5.74, 6) is 0.472. The molecule has 2 heterocycles. The minimum Gasteiger partial charge on any atom is -0.335 e. The van der Waals surface area contributed by atoms with Crippen LogP contribution in [0.5, 0.6) is 0 Å². The second-order valence-electron chi connectivity index (χ2n) is 5.00. The number of benzene rings is 1. The fourth-order valence-electron chi connectivity index (χ4n) is 2.37. The molecule has 2 aromatic heterocycles. The van der Waals surface area contributed by atoms with Crippen molar-refractivity contribution in [1.82, 2.24) is 19.7 Å². The van der Waals surface area contributed by atoms with E-state index in [9.17, 15) is 4.79 Å². The highest BCUT2D eigenvalue weighted by Gasteiger charge is 2.14. The third-order valence-electron chi connectivity index (χ3n) is 3.42. The standard InChI is InChI=1S/C17H17N5O/c1-3-10-21(11-4-2)17-19-15-14(16(23)20-17)12-18-22(15)13-8-6-5-7-9-13/h3-9,12H,1-2,10-11H2,(H,19,20,23). The SMILES string of the molecule is C=CCN(CC=C)c1nc2c(cnn2-c2ccccc2)c(=O)[nH]1. The molecule has 1 aromatic carbocycles. The number of nitrogens with one attached hydrogen (secondary N) is 1. The summed E-state index contributed by atoms with van der Waals surface area (Å²) in [6.45, 7) is 8.58. The maximum Gasteiger partial charge on any atom is 0.263 e. The molecule has 3 rings (SSSR count). The molecule has 0 bridgehead atoms. The fraction of sp³-hybridized carbons (Fsp3) is 0.118. The van der Waals surface area contributed by atoms with Crippen LogP contribution in [-0.4, -0.2) is 32.8 Å². The van der Waals surface area contributed by atoms with Crippen LogP contribution in [0, 0.1) is 0 Å². The maximum absolute atomic E-state index is 12.3. The van der Waals surface area contributed by atoms with E-state index in [0.717, 1.165) is 5.69 Å². The van der Waals surface area contributed by atoms with Gasteiger partial charge in [0, 0.05) is 13.1 Å². The van der Waals surface area contributed by atoms with Crippen molar-refractivity contribution in [3.8, 4) is 5.69 Å². The topological polar surface area (TPSA) is 66.8 Å². The monoisotopic (exact) mass is 307 g/mol. The number of aromatic amines is 1. The van der Waals surface area contributed by atoms with Gasteiger partial charge in [-0.05, 0) is 12.1 Å². The van der Waals surface area contributed by atoms with E-state index in [1.165, 1.54) is 6.20 Å². The van der Waals surface area contributed by atoms with Crippen LogP contribution in [0.3, 0.4) is 0 Å². The van der Waals surface area contributed by atoms with E-state index in [4.69, 9.17) is 0 Å². The van der Waals surface area contributed by atoms with Crippen molar-refractivity contribution >= 4 is 17.0 Å². The summed E-state index contributed by atoms with van der Waals surface area (Å²) < 4.78 is 1.66. The Hall–Kier alpha value is -3.15. The second kappa shape index (κ2) is 6.31. The van der Waals surface area contributed by atoms with Crippen LogP contribution in [-0.2, 0) is 0 Å². The summed E-state index contributed by atoms with van der Waals surface area (Å²) in [4.78, 5) is 21.6. The summed E-state index contributed by atoms with van der Waals surface area (Å²) in [7, 11) is 0. The molecule has 116 valence electrons. The lowest BCUT2D eigenvalue weighted by molar-refractivity contribution is 0.865. The lowest BCUT2D eigenvalue weighted by Crippen LogP contribution is -2.27. The summed E-state index contributed by atoms with van der Waals surface area (Å²) in [6, 6.07) is 9.59. The van der Waals surface area contributed by atoms with Gasteiger partial charge in [-0.15, -0.1) is 13.2 Å². The molecule has 0 unspecified atom stereocenters. The third kappa shape index (κ3) is 2.78. The molecule has 0 aliphatic heterocycles. The van der Waals surface area contributed by atoms with Gasteiger partial charge in [-0.3, -0.25) is 9.78 Å². The molecule has 3 aromatic rings. The number of H-pyrrole nitrogens is 1. The van der Waals surface area contributed by atoms with Gasteiger partial charge < -0.3 is 4.90 Å². The number of hydrogen-bond acceptors (Lipinski definition) is 4. The molecule has 6 heteroatoms. The van der Waals surface area contributed by atoms with Gasteiger partial charge in [0.2, 0.25) is 5.95 Å². The molecule has 0 fully saturated rings. The highest BCUT2D eigenvalue weighted by atomic mass is 16.1. The summed E-state index contributed by atoms with van der Waals surface area (Å²) >= 11 is 0. The molecular weight excluding hydrogens is 290 g/mol. The van der Waals surface area contributed by atoms with E-state index in [1.807, 2.05) is 35.2 Å². The Morgan fingerprint density at radius 2 is 1.87 bits per heavy atom. The molecule has 0 aliphatic rings. The maximum atomic E-state index is 12.3. The molecule has 0 saturated carbocycles. The number of aromatic nitrogens is 4. The van der Waals surface area contributed by atoms with E-state index < -0.39 is 0 Å². The quantitative estimate of drug-likeness (QED) is 0.710. The van der Waals surface area contributed by atoms with E-state index in [2.05, 4.69) is 28.2 Å². The van der Waals surface area contributed by atoms with Crippen LogP contribution in [0.1, 0.15) is 0 Å². The number of para-hydroxylation sites is 1. The smallest absolute Gasteiger partial charge is 0.263 e. The number of rotatable bonds is 6. The highest BCUT2D eigenvalue weighted by molar-refractivity contribution is 5.76. The number of fused-ring (bicyclic) bond motifs is 1. The van der Waals surface area contributed by atoms with E-state index in [-0.39, 0.29) is 5.56 Å². The first-order chi connectivity index (χ1) is 11.2. The van der Waals surface area contributed by atoms with Gasteiger partial charge in [0.05, 0.1) is 11.9 Å². The van der Waals surface area contributed by atoms with Crippen LogP contribution in [0.15, 0.2) is 66.6 Å². The van der Waals surface area contributed by atoms with Crippen LogP contribution in [0.2, 0.25) is 0 Å². The van der Waals surface area contributed by atoms with E-state index in [1.54, 1.807) is 16.8 Å². The highest BCUT2D eigenvalue weighted by Crippen LogP contribution is 2.16. The minimum atomic E-state index is -0.217. The van der Waals surface area contributed by atoms with E-state index in [0.29, 0.717) is 30.1 Å². The van der Waals surface area contributed by atoms with Crippen molar-refractivity contribution in [2.24, 2.45) is 0 Å². The Bertz CT molecular complexity index is 884. The molecule has 0 amide bonds. The van der Waals surface area contributed by atoms with Crippen molar-refractivity contribution in [1.29, 1.82) is 0 Å². The zero-order chi connectivity index (χ0) is 16.2. The molecule has 6 nitrogen and oxygen atoms in total. The van der Waals surface area contributed by atoms with Gasteiger partial charge in [0.1, 0.15) is 5.39 Å². The van der Waals surface area contributed by atoms with Crippen molar-refractivity contribution in [2.45, 2.75) is 0 Å². The minimum absolute atomic E-state index is 0.217. The Morgan fingerprint density at radius 3 is 2.52 bits per heavy atom. The van der Waals surface area contributed by atoms with Gasteiger partial charge in [-0.25, -0.2) is 4.68 Å². The molecule has 0 radical (unpaired) electrons. The largest absolute Gasteiger partial charge is 0.335 e. The predicted molar refractivity (Wildman–Crippen MR) is 92.1 cm³/mol. The predicted octanol–water partition coefficient (Wildman–Crippen LogP) is 2.29. The zero-order valence-electron chi connectivity index (χ0n) is 12.6. The van der Waals surface area contributed by atoms with Crippen molar-refractivity contribution in [3.63, 3.8) is 0 Å². The van der Waals surface area contributed by atoms with Crippen LogP contribution in [0.25, 0.3) is 16.7 Å². The van der Waals surface area contributed by atoms with E-state index >= 15 is 0 Å². The number of anilines is 1. The Kier molecular flexibility index (Phi) is 4.05. The van der Waals surface area contributed by atoms with Gasteiger partial charge in [-0.2, -0.15) is 10.1 Å². The zero-order valence-corrected chi connectivity index (χ0v) is 12.6. The van der Waals surface area contributed by atoms with Crippen LogP contribution < -0.4 is 10.5 Å². The first-order valence-electron chi connectivity index (χ1n) is 7.25. The molecule has 0 aliphatic carbocycles. The van der Waals surface area contributed by atoms with Gasteiger partial charge in [0.15, 0.2) is 5.65 Å². The molecule has 0 atom stereocenters. The lowest BCUT2D eigenvalue weighted by atomic mass is 10.3. The average Bonchev–Trinajstić information content (AvgIpc) is 3.00. The molecule has 0 spiro atoms. The molecule has 23 heavy (non-hydrogen) atoms. The van der Waals surface area contributed by atoms with Gasteiger partial charge >= 0.3 is 0 Å². The summed E-state index contributed by atoms with van der Waals surface area (Å²) in [5, 5.41) is 4.75.